The molecule has 2 rings (SSSR count). The lowest BCUT2D eigenvalue weighted by atomic mass is 10.0. The highest BCUT2D eigenvalue weighted by Gasteiger charge is 2.08. The highest BCUT2D eigenvalue weighted by Crippen LogP contribution is 2.31. The Bertz CT molecular complexity index is 500. The Hall–Kier alpha value is -1.39. The maximum Gasteiger partial charge on any atom is 0.126 e. The van der Waals surface area contributed by atoms with E-state index in [1.54, 1.807) is 11.3 Å². The highest BCUT2D eigenvalue weighted by molar-refractivity contribution is 7.19. The van der Waals surface area contributed by atoms with E-state index in [-0.39, 0.29) is 0 Å². The lowest BCUT2D eigenvalue weighted by Gasteiger charge is -2.05. The van der Waals surface area contributed by atoms with Crippen LogP contribution in [0.3, 0.4) is 0 Å². The first-order chi connectivity index (χ1) is 8.11. The summed E-state index contributed by atoms with van der Waals surface area (Å²) in [5.74, 6) is 5.98. The van der Waals surface area contributed by atoms with E-state index in [4.69, 9.17) is 5.84 Å². The molecule has 17 heavy (non-hydrogen) atoms. The smallest absolute Gasteiger partial charge is 0.126 e. The molecule has 0 aliphatic heterocycles. The van der Waals surface area contributed by atoms with E-state index in [1.165, 1.54) is 5.56 Å². The third kappa shape index (κ3) is 2.48. The summed E-state index contributed by atoms with van der Waals surface area (Å²) >= 11 is 1.58. The fourth-order valence-corrected chi connectivity index (χ4v) is 2.55. The molecule has 0 saturated carbocycles. The van der Waals surface area contributed by atoms with Crippen molar-refractivity contribution in [1.29, 1.82) is 0 Å². The van der Waals surface area contributed by atoms with Crippen LogP contribution in [0, 0.1) is 6.92 Å². The summed E-state index contributed by atoms with van der Waals surface area (Å²) in [7, 11) is 0. The number of aryl methyl sites for hydroxylation is 1. The molecule has 1 aromatic heterocycles. The summed E-state index contributed by atoms with van der Waals surface area (Å²) in [4.78, 5) is 4.50. The van der Waals surface area contributed by atoms with Crippen molar-refractivity contribution in [3.05, 3.63) is 35.5 Å². The van der Waals surface area contributed by atoms with Crippen molar-refractivity contribution in [1.82, 2.24) is 4.98 Å². The van der Waals surface area contributed by atoms with Gasteiger partial charge in [0, 0.05) is 5.56 Å². The van der Waals surface area contributed by atoms with Gasteiger partial charge in [0.1, 0.15) is 10.0 Å². The number of nitrogen functional groups attached to an aromatic ring is 1. The number of hydrogen-bond donors (Lipinski definition) is 2. The fraction of sp³-hybridized carbons (Fsp3) is 0.308. The molecule has 0 bridgehead atoms. The van der Waals surface area contributed by atoms with E-state index < -0.39 is 0 Å². The van der Waals surface area contributed by atoms with Crippen LogP contribution < -0.4 is 11.3 Å². The van der Waals surface area contributed by atoms with Crippen molar-refractivity contribution in [3.63, 3.8) is 0 Å². The van der Waals surface area contributed by atoms with Crippen LogP contribution in [0.4, 0.5) is 5.00 Å². The molecule has 0 spiro atoms. The number of nitrogens with one attached hydrogen (secondary N) is 1. The van der Waals surface area contributed by atoms with Crippen LogP contribution in [-0.4, -0.2) is 4.98 Å². The maximum atomic E-state index is 5.43. The summed E-state index contributed by atoms with van der Waals surface area (Å²) in [5, 5.41) is 1.93. The molecule has 0 saturated heterocycles. The Morgan fingerprint density at radius 1 is 1.24 bits per heavy atom. The van der Waals surface area contributed by atoms with Gasteiger partial charge >= 0.3 is 0 Å². The van der Waals surface area contributed by atoms with E-state index in [1.807, 2.05) is 6.92 Å². The fourth-order valence-electron chi connectivity index (χ4n) is 1.66. The highest BCUT2D eigenvalue weighted by atomic mass is 32.1. The molecule has 90 valence electrons. The van der Waals surface area contributed by atoms with Crippen molar-refractivity contribution >= 4 is 16.3 Å². The summed E-state index contributed by atoms with van der Waals surface area (Å²) in [6, 6.07) is 8.56. The molecule has 0 fully saturated rings. The molecule has 0 unspecified atom stereocenters. The molecule has 3 N–H and O–H groups in total. The molecule has 0 radical (unpaired) electrons. The zero-order chi connectivity index (χ0) is 12.4. The van der Waals surface area contributed by atoms with E-state index in [2.05, 4.69) is 48.5 Å². The minimum Gasteiger partial charge on any atom is -0.314 e. The number of nitrogens with zero attached hydrogens (tertiary/aromatic N) is 1. The summed E-state index contributed by atoms with van der Waals surface area (Å²) in [6.45, 7) is 6.34. The topological polar surface area (TPSA) is 50.9 Å². The minimum absolute atomic E-state index is 0.559. The number of nitrogens with two attached hydrogens (primary N) is 1. The monoisotopic (exact) mass is 247 g/mol. The number of anilines is 1. The number of thiazole rings is 1. The maximum absolute atomic E-state index is 5.43. The van der Waals surface area contributed by atoms with Gasteiger partial charge in [-0.15, -0.1) is 0 Å². The van der Waals surface area contributed by atoms with Gasteiger partial charge in [-0.2, -0.15) is 0 Å². The van der Waals surface area contributed by atoms with Crippen LogP contribution in [-0.2, 0) is 0 Å². The molecule has 1 aromatic carbocycles. The number of rotatable bonds is 3. The largest absolute Gasteiger partial charge is 0.314 e. The molecule has 1 heterocycles. The molecule has 2 aromatic rings. The van der Waals surface area contributed by atoms with Gasteiger partial charge in [-0.1, -0.05) is 49.4 Å². The van der Waals surface area contributed by atoms with E-state index in [9.17, 15) is 0 Å². The SMILES string of the molecule is Cc1nc(-c2ccc(C(C)C)cc2)sc1NN. The Labute approximate surface area is 106 Å². The number of aromatic nitrogens is 1. The van der Waals surface area contributed by atoms with Crippen molar-refractivity contribution in [3.8, 4) is 10.6 Å². The molecular formula is C13H17N3S. The average Bonchev–Trinajstić information content (AvgIpc) is 2.70. The van der Waals surface area contributed by atoms with E-state index in [0.717, 1.165) is 21.3 Å². The van der Waals surface area contributed by atoms with Gasteiger partial charge in [0.15, 0.2) is 0 Å². The molecule has 0 atom stereocenters. The second kappa shape index (κ2) is 4.85. The van der Waals surface area contributed by atoms with Gasteiger partial charge in [-0.25, -0.2) is 10.8 Å². The molecule has 0 amide bonds. The van der Waals surface area contributed by atoms with Crippen molar-refractivity contribution in [2.75, 3.05) is 5.43 Å². The van der Waals surface area contributed by atoms with Crippen molar-refractivity contribution < 1.29 is 0 Å². The predicted octanol–water partition coefficient (Wildman–Crippen LogP) is 3.53. The van der Waals surface area contributed by atoms with Gasteiger partial charge < -0.3 is 5.43 Å². The quantitative estimate of drug-likeness (QED) is 0.644. The van der Waals surface area contributed by atoms with Gasteiger partial charge in [-0.3, -0.25) is 0 Å². The minimum atomic E-state index is 0.559. The zero-order valence-electron chi connectivity index (χ0n) is 10.3. The standard InChI is InChI=1S/C13H17N3S/c1-8(2)10-4-6-11(7-5-10)13-15-9(3)12(16-14)17-13/h4-8,16H,14H2,1-3H3. The first-order valence-electron chi connectivity index (χ1n) is 5.66. The molecular weight excluding hydrogens is 230 g/mol. The number of benzene rings is 1. The van der Waals surface area contributed by atoms with Crippen LogP contribution in [0.1, 0.15) is 31.0 Å². The van der Waals surface area contributed by atoms with Crippen LogP contribution in [0.2, 0.25) is 0 Å². The van der Waals surface area contributed by atoms with Gasteiger partial charge in [-0.05, 0) is 18.4 Å². The van der Waals surface area contributed by atoms with Crippen LogP contribution >= 0.6 is 11.3 Å². The van der Waals surface area contributed by atoms with E-state index in [0.29, 0.717) is 5.92 Å². The summed E-state index contributed by atoms with van der Waals surface area (Å²) in [5.41, 5.74) is 6.10. The first-order valence-corrected chi connectivity index (χ1v) is 6.48. The van der Waals surface area contributed by atoms with Crippen LogP contribution in [0.25, 0.3) is 10.6 Å². The zero-order valence-corrected chi connectivity index (χ0v) is 11.1. The van der Waals surface area contributed by atoms with E-state index >= 15 is 0 Å². The number of hydrogen-bond acceptors (Lipinski definition) is 4. The Kier molecular flexibility index (Phi) is 3.45. The Morgan fingerprint density at radius 2 is 1.88 bits per heavy atom. The second-order valence-electron chi connectivity index (χ2n) is 4.35. The Morgan fingerprint density at radius 3 is 2.35 bits per heavy atom. The lowest BCUT2D eigenvalue weighted by molar-refractivity contribution is 0.867. The van der Waals surface area contributed by atoms with Gasteiger partial charge in [0.05, 0.1) is 5.69 Å². The van der Waals surface area contributed by atoms with Crippen molar-refractivity contribution in [2.24, 2.45) is 5.84 Å². The van der Waals surface area contributed by atoms with Crippen LogP contribution in [0.15, 0.2) is 24.3 Å². The molecule has 4 heteroatoms. The van der Waals surface area contributed by atoms with Gasteiger partial charge in [0.25, 0.3) is 0 Å². The average molecular weight is 247 g/mol. The molecule has 3 nitrogen and oxygen atoms in total. The molecule has 0 aliphatic carbocycles. The van der Waals surface area contributed by atoms with Crippen LogP contribution in [0.5, 0.6) is 0 Å². The first kappa shape index (κ1) is 12.1. The third-order valence-corrected chi connectivity index (χ3v) is 3.89. The Balaban J connectivity index is 2.33. The lowest BCUT2D eigenvalue weighted by Crippen LogP contribution is -2.05. The van der Waals surface area contributed by atoms with Crippen molar-refractivity contribution in [2.45, 2.75) is 26.7 Å². The molecule has 0 aliphatic rings. The third-order valence-electron chi connectivity index (χ3n) is 2.75. The van der Waals surface area contributed by atoms with Gasteiger partial charge in [0.2, 0.25) is 0 Å². The predicted molar refractivity (Wildman–Crippen MR) is 74.2 cm³/mol. The summed E-state index contributed by atoms with van der Waals surface area (Å²) in [6.07, 6.45) is 0. The second-order valence-corrected chi connectivity index (χ2v) is 5.35. The number of hydrazine groups is 1. The normalized spacial score (nSPS) is 10.9. The summed E-state index contributed by atoms with van der Waals surface area (Å²) < 4.78 is 0.